The van der Waals surface area contributed by atoms with Crippen molar-refractivity contribution in [3.8, 4) is 0 Å². The molecule has 33 heavy (non-hydrogen) atoms. The van der Waals surface area contributed by atoms with Crippen molar-refractivity contribution in [3.05, 3.63) is 54.1 Å². The Balaban J connectivity index is 2.73. The second kappa shape index (κ2) is 12.3. The van der Waals surface area contributed by atoms with E-state index in [4.69, 9.17) is 5.11 Å². The Bertz CT molecular complexity index is 1070. The first-order chi connectivity index (χ1) is 15.1. The molecule has 0 fully saturated rings. The van der Waals surface area contributed by atoms with E-state index in [2.05, 4.69) is 0 Å². The summed E-state index contributed by atoms with van der Waals surface area (Å²) in [4.78, 5) is 9.86. The van der Waals surface area contributed by atoms with E-state index < -0.39 is 54.3 Å². The van der Waals surface area contributed by atoms with E-state index in [-0.39, 0.29) is 19.5 Å². The lowest BCUT2D eigenvalue weighted by molar-refractivity contribution is -0.138. The lowest BCUT2D eigenvalue weighted by atomic mass is 10.2. The van der Waals surface area contributed by atoms with E-state index in [0.717, 1.165) is 34.8 Å². The van der Waals surface area contributed by atoms with Gasteiger partial charge in [0.05, 0.1) is 28.6 Å². The van der Waals surface area contributed by atoms with Crippen LogP contribution in [0.2, 0.25) is 0 Å². The number of hydrogen-bond acceptors (Lipinski definition) is 6. The smallest absolute Gasteiger partial charge is 0.416 e. The zero-order valence-electron chi connectivity index (χ0n) is 17.8. The second-order valence-corrected chi connectivity index (χ2v) is 11.2. The number of nitrogens with zero attached hydrogens (tertiary/aromatic N) is 1. The molecule has 13 heteroatoms. The molecule has 0 aliphatic rings. The number of sulfonamides is 1. The standard InChI is InChI=1S/C20H26F3NO7S2/c1-32(28,29)24(12-5-3-2-4-11-19(26)27)13-7-9-17(25)15-33(30,31)18-10-6-8-16(14-18)20(21,22)23/h3,5-10,14,17,25H,2,4,11-13,15H2,1H3,(H,26,27)/b5-3-,9-7+. The van der Waals surface area contributed by atoms with Crippen LogP contribution in [0, 0.1) is 0 Å². The number of alkyl halides is 3. The van der Waals surface area contributed by atoms with Crippen molar-refractivity contribution in [2.24, 2.45) is 0 Å². The van der Waals surface area contributed by atoms with Gasteiger partial charge >= 0.3 is 12.1 Å². The third-order valence-electron chi connectivity index (χ3n) is 4.28. The maximum atomic E-state index is 12.8. The van der Waals surface area contributed by atoms with E-state index in [1.54, 1.807) is 12.2 Å². The molecule has 0 saturated heterocycles. The van der Waals surface area contributed by atoms with Gasteiger partial charge in [-0.25, -0.2) is 16.8 Å². The molecule has 1 rings (SSSR count). The van der Waals surface area contributed by atoms with Crippen LogP contribution >= 0.6 is 0 Å². The van der Waals surface area contributed by atoms with Gasteiger partial charge in [0.15, 0.2) is 9.84 Å². The van der Waals surface area contributed by atoms with Gasteiger partial charge in [0.25, 0.3) is 0 Å². The molecule has 0 aliphatic carbocycles. The van der Waals surface area contributed by atoms with Crippen molar-refractivity contribution in [1.29, 1.82) is 0 Å². The molecule has 0 amide bonds. The summed E-state index contributed by atoms with van der Waals surface area (Å²) in [6.45, 7) is -0.201. The number of rotatable bonds is 13. The third-order valence-corrected chi connectivity index (χ3v) is 7.27. The summed E-state index contributed by atoms with van der Waals surface area (Å²) in [5.74, 6) is -1.81. The van der Waals surface area contributed by atoms with Crippen LogP contribution in [0.4, 0.5) is 13.2 Å². The van der Waals surface area contributed by atoms with Crippen molar-refractivity contribution < 1.29 is 45.0 Å². The van der Waals surface area contributed by atoms with E-state index in [1.165, 1.54) is 6.08 Å². The fourth-order valence-corrected chi connectivity index (χ4v) is 4.66. The highest BCUT2D eigenvalue weighted by molar-refractivity contribution is 7.91. The summed E-state index contributed by atoms with van der Waals surface area (Å²) in [5.41, 5.74) is -1.13. The van der Waals surface area contributed by atoms with Crippen molar-refractivity contribution >= 4 is 25.8 Å². The molecule has 0 saturated carbocycles. The lowest BCUT2D eigenvalue weighted by Crippen LogP contribution is -2.30. The highest BCUT2D eigenvalue weighted by Gasteiger charge is 2.32. The van der Waals surface area contributed by atoms with E-state index in [1.807, 2.05) is 0 Å². The largest absolute Gasteiger partial charge is 0.481 e. The number of aliphatic hydroxyl groups excluding tert-OH is 1. The summed E-state index contributed by atoms with van der Waals surface area (Å²) in [6, 6.07) is 3.17. The van der Waals surface area contributed by atoms with Gasteiger partial charge in [-0.15, -0.1) is 0 Å². The molecule has 0 bridgehead atoms. The van der Waals surface area contributed by atoms with E-state index in [0.29, 0.717) is 18.9 Å². The highest BCUT2D eigenvalue weighted by atomic mass is 32.2. The number of aliphatic carboxylic acids is 1. The number of benzene rings is 1. The Labute approximate surface area is 191 Å². The van der Waals surface area contributed by atoms with Gasteiger partial charge in [0.2, 0.25) is 10.0 Å². The number of allylic oxidation sites excluding steroid dienone is 1. The summed E-state index contributed by atoms with van der Waals surface area (Å²) in [5, 5.41) is 18.6. The number of aliphatic hydroxyl groups is 1. The van der Waals surface area contributed by atoms with E-state index >= 15 is 0 Å². The zero-order valence-corrected chi connectivity index (χ0v) is 19.4. The molecule has 0 heterocycles. The van der Waals surface area contributed by atoms with Crippen LogP contribution in [-0.2, 0) is 30.8 Å². The molecule has 2 N–H and O–H groups in total. The zero-order chi connectivity index (χ0) is 25.3. The second-order valence-electron chi connectivity index (χ2n) is 7.14. The number of carbonyl (C=O) groups is 1. The number of unbranched alkanes of at least 4 members (excludes halogenated alkanes) is 1. The maximum Gasteiger partial charge on any atom is 0.416 e. The van der Waals surface area contributed by atoms with Crippen molar-refractivity contribution in [3.63, 3.8) is 0 Å². The molecule has 0 spiro atoms. The Kier molecular flexibility index (Phi) is 10.7. The Morgan fingerprint density at radius 2 is 1.76 bits per heavy atom. The SMILES string of the molecule is CS(=O)(=O)N(C/C=C\CCCC(=O)O)C/C=C/C(O)CS(=O)(=O)c1cccc(C(F)(F)F)c1. The number of halogens is 3. The molecule has 8 nitrogen and oxygen atoms in total. The van der Waals surface area contributed by atoms with Gasteiger partial charge in [-0.1, -0.05) is 30.4 Å². The molecule has 1 unspecified atom stereocenters. The first-order valence-corrected chi connectivity index (χ1v) is 13.2. The van der Waals surface area contributed by atoms with Crippen LogP contribution in [0.25, 0.3) is 0 Å². The average molecular weight is 514 g/mol. The van der Waals surface area contributed by atoms with Gasteiger partial charge in [0, 0.05) is 19.5 Å². The predicted octanol–water partition coefficient (Wildman–Crippen LogP) is 2.47. The normalized spacial score (nSPS) is 14.4. The molecule has 186 valence electrons. The van der Waals surface area contributed by atoms with Crippen molar-refractivity contribution in [2.45, 2.75) is 36.4 Å². The topological polar surface area (TPSA) is 129 Å². The minimum Gasteiger partial charge on any atom is -0.481 e. The van der Waals surface area contributed by atoms with Gasteiger partial charge in [0.1, 0.15) is 0 Å². The number of hydrogen-bond donors (Lipinski definition) is 2. The Morgan fingerprint density at radius 1 is 1.12 bits per heavy atom. The maximum absolute atomic E-state index is 12.8. The molecule has 0 aliphatic heterocycles. The molecular weight excluding hydrogens is 487 g/mol. The number of carboxylic acid groups (broad SMARTS) is 1. The molecule has 0 radical (unpaired) electrons. The van der Waals surface area contributed by atoms with Crippen LogP contribution in [0.1, 0.15) is 24.8 Å². The van der Waals surface area contributed by atoms with E-state index in [9.17, 15) is 39.9 Å². The van der Waals surface area contributed by atoms with Crippen LogP contribution in [-0.4, -0.2) is 68.5 Å². The lowest BCUT2D eigenvalue weighted by Gasteiger charge is -2.16. The number of sulfone groups is 1. The fourth-order valence-electron chi connectivity index (χ4n) is 2.60. The first-order valence-electron chi connectivity index (χ1n) is 9.69. The average Bonchev–Trinajstić information content (AvgIpc) is 2.67. The van der Waals surface area contributed by atoms with Crippen LogP contribution in [0.5, 0.6) is 0 Å². The molecule has 0 aromatic heterocycles. The predicted molar refractivity (Wildman–Crippen MR) is 116 cm³/mol. The fraction of sp³-hybridized carbons (Fsp3) is 0.450. The van der Waals surface area contributed by atoms with Gasteiger partial charge in [-0.05, 0) is 31.0 Å². The summed E-state index contributed by atoms with van der Waals surface area (Å²) >= 11 is 0. The third kappa shape index (κ3) is 11.0. The summed E-state index contributed by atoms with van der Waals surface area (Å²) in [6.07, 6.45) is 1.00. The quantitative estimate of drug-likeness (QED) is 0.306. The van der Waals surface area contributed by atoms with Crippen molar-refractivity contribution in [1.82, 2.24) is 4.31 Å². The summed E-state index contributed by atoms with van der Waals surface area (Å²) < 4.78 is 87.9. The minimum absolute atomic E-state index is 0.00976. The number of carboxylic acids is 1. The molecular formula is C20H26F3NO7S2. The van der Waals surface area contributed by atoms with Crippen LogP contribution in [0.3, 0.4) is 0 Å². The Morgan fingerprint density at radius 3 is 2.33 bits per heavy atom. The molecule has 1 aromatic rings. The van der Waals surface area contributed by atoms with Crippen LogP contribution < -0.4 is 0 Å². The van der Waals surface area contributed by atoms with Gasteiger partial charge < -0.3 is 10.2 Å². The molecule has 1 atom stereocenters. The highest BCUT2D eigenvalue weighted by Crippen LogP contribution is 2.30. The minimum atomic E-state index is -4.72. The van der Waals surface area contributed by atoms with Crippen LogP contribution in [0.15, 0.2) is 53.5 Å². The van der Waals surface area contributed by atoms with Gasteiger partial charge in [-0.3, -0.25) is 4.79 Å². The van der Waals surface area contributed by atoms with Gasteiger partial charge in [-0.2, -0.15) is 17.5 Å². The molecule has 1 aromatic carbocycles. The van der Waals surface area contributed by atoms with Crippen molar-refractivity contribution in [2.75, 3.05) is 25.1 Å². The first kappa shape index (κ1) is 28.8. The monoisotopic (exact) mass is 513 g/mol. The summed E-state index contributed by atoms with van der Waals surface area (Å²) in [7, 11) is -7.87. The Hall–Kier alpha value is -2.22.